The molecular formula is C17H16FN3O3. The Bertz CT molecular complexity index is 760. The molecule has 7 heteroatoms. The van der Waals surface area contributed by atoms with Gasteiger partial charge in [0.1, 0.15) is 5.82 Å². The fraction of sp³-hybridized carbons (Fsp3) is 0.118. The zero-order chi connectivity index (χ0) is 17.5. The van der Waals surface area contributed by atoms with Gasteiger partial charge >= 0.3 is 11.8 Å². The Morgan fingerprint density at radius 1 is 0.958 bits per heavy atom. The Kier molecular flexibility index (Phi) is 5.62. The van der Waals surface area contributed by atoms with Crippen molar-refractivity contribution in [3.05, 3.63) is 65.5 Å². The molecule has 0 aliphatic carbocycles. The van der Waals surface area contributed by atoms with Crippen LogP contribution in [0.1, 0.15) is 11.1 Å². The zero-order valence-electron chi connectivity index (χ0n) is 12.7. The number of halogens is 1. The predicted molar refractivity (Wildman–Crippen MR) is 86.2 cm³/mol. The first kappa shape index (κ1) is 17.1. The Balaban J connectivity index is 1.88. The lowest BCUT2D eigenvalue weighted by molar-refractivity contribution is -0.136. The molecule has 3 amide bonds. The Hall–Kier alpha value is -3.22. The highest BCUT2D eigenvalue weighted by Crippen LogP contribution is 2.10. The average molecular weight is 329 g/mol. The molecule has 0 saturated carbocycles. The van der Waals surface area contributed by atoms with Crippen LogP contribution in [0.4, 0.5) is 10.1 Å². The normalized spacial score (nSPS) is 10.0. The average Bonchev–Trinajstić information content (AvgIpc) is 2.55. The second-order valence-electron chi connectivity index (χ2n) is 5.07. The molecule has 0 aliphatic rings. The van der Waals surface area contributed by atoms with Crippen molar-refractivity contribution in [2.45, 2.75) is 13.0 Å². The van der Waals surface area contributed by atoms with Crippen LogP contribution in [0.5, 0.6) is 0 Å². The maximum absolute atomic E-state index is 13.4. The fourth-order valence-electron chi connectivity index (χ4n) is 1.99. The molecule has 0 aliphatic heterocycles. The standard InChI is InChI=1S/C17H16FN3O3/c18-14-4-2-1-3-12(14)10-20-16(23)17(24)21-13-7-5-11(6-8-13)9-15(19)22/h1-8H,9-10H2,(H2,19,22)(H,20,23)(H,21,24). The van der Waals surface area contributed by atoms with E-state index in [-0.39, 0.29) is 18.5 Å². The minimum atomic E-state index is -0.875. The maximum atomic E-state index is 13.4. The summed E-state index contributed by atoms with van der Waals surface area (Å²) in [5.74, 6) is -2.66. The fourth-order valence-corrected chi connectivity index (χ4v) is 1.99. The van der Waals surface area contributed by atoms with E-state index in [1.165, 1.54) is 18.2 Å². The van der Waals surface area contributed by atoms with E-state index in [2.05, 4.69) is 10.6 Å². The highest BCUT2D eigenvalue weighted by atomic mass is 19.1. The summed E-state index contributed by atoms with van der Waals surface area (Å²) in [6.45, 7) is -0.0868. The lowest BCUT2D eigenvalue weighted by Gasteiger charge is -2.08. The predicted octanol–water partition coefficient (Wildman–Crippen LogP) is 1.11. The molecular weight excluding hydrogens is 313 g/mol. The number of nitrogens with one attached hydrogen (secondary N) is 2. The summed E-state index contributed by atoms with van der Waals surface area (Å²) < 4.78 is 13.4. The van der Waals surface area contributed by atoms with Gasteiger partial charge in [-0.2, -0.15) is 0 Å². The molecule has 24 heavy (non-hydrogen) atoms. The first-order chi connectivity index (χ1) is 11.5. The van der Waals surface area contributed by atoms with Crippen LogP contribution in [0, 0.1) is 5.82 Å². The number of carbonyl (C=O) groups is 3. The highest BCUT2D eigenvalue weighted by Gasteiger charge is 2.14. The number of amides is 3. The monoisotopic (exact) mass is 329 g/mol. The number of anilines is 1. The van der Waals surface area contributed by atoms with E-state index >= 15 is 0 Å². The van der Waals surface area contributed by atoms with Crippen molar-refractivity contribution in [3.63, 3.8) is 0 Å². The minimum absolute atomic E-state index is 0.0868. The summed E-state index contributed by atoms with van der Waals surface area (Å²) in [5.41, 5.74) is 6.47. The molecule has 4 N–H and O–H groups in total. The van der Waals surface area contributed by atoms with Gasteiger partial charge in [0.2, 0.25) is 5.91 Å². The topological polar surface area (TPSA) is 101 Å². The van der Waals surface area contributed by atoms with E-state index in [0.717, 1.165) is 0 Å². The van der Waals surface area contributed by atoms with Crippen LogP contribution in [0.2, 0.25) is 0 Å². The zero-order valence-corrected chi connectivity index (χ0v) is 12.7. The van der Waals surface area contributed by atoms with E-state index in [1.807, 2.05) is 0 Å². The molecule has 124 valence electrons. The summed E-state index contributed by atoms with van der Waals surface area (Å²) in [6.07, 6.45) is 0.0946. The third-order valence-electron chi connectivity index (χ3n) is 3.19. The van der Waals surface area contributed by atoms with Gasteiger partial charge < -0.3 is 16.4 Å². The van der Waals surface area contributed by atoms with Crippen LogP contribution in [0.15, 0.2) is 48.5 Å². The van der Waals surface area contributed by atoms with Gasteiger partial charge in [-0.05, 0) is 23.8 Å². The van der Waals surface area contributed by atoms with Gasteiger partial charge in [0.05, 0.1) is 6.42 Å². The summed E-state index contributed by atoms with van der Waals surface area (Å²) in [7, 11) is 0. The number of nitrogens with two attached hydrogens (primary N) is 1. The lowest BCUT2D eigenvalue weighted by Crippen LogP contribution is -2.35. The summed E-state index contributed by atoms with van der Waals surface area (Å²) in [4.78, 5) is 34.3. The minimum Gasteiger partial charge on any atom is -0.369 e. The van der Waals surface area contributed by atoms with Crippen molar-refractivity contribution < 1.29 is 18.8 Å². The second-order valence-corrected chi connectivity index (χ2v) is 5.07. The van der Waals surface area contributed by atoms with Crippen LogP contribution >= 0.6 is 0 Å². The van der Waals surface area contributed by atoms with Gasteiger partial charge in [0.15, 0.2) is 0 Å². The number of primary amides is 1. The van der Waals surface area contributed by atoms with Crippen molar-refractivity contribution in [1.29, 1.82) is 0 Å². The molecule has 6 nitrogen and oxygen atoms in total. The largest absolute Gasteiger partial charge is 0.369 e. The quantitative estimate of drug-likeness (QED) is 0.716. The van der Waals surface area contributed by atoms with Gasteiger partial charge in [0, 0.05) is 17.8 Å². The first-order valence-electron chi connectivity index (χ1n) is 7.15. The van der Waals surface area contributed by atoms with Crippen molar-refractivity contribution >= 4 is 23.4 Å². The number of hydrogen-bond acceptors (Lipinski definition) is 3. The van der Waals surface area contributed by atoms with Crippen LogP contribution in [0.25, 0.3) is 0 Å². The van der Waals surface area contributed by atoms with Gasteiger partial charge in [-0.1, -0.05) is 30.3 Å². The molecule has 0 heterocycles. The van der Waals surface area contributed by atoms with Gasteiger partial charge in [-0.3, -0.25) is 14.4 Å². The van der Waals surface area contributed by atoms with Crippen molar-refractivity contribution in [2.24, 2.45) is 5.73 Å². The molecule has 0 unspecified atom stereocenters. The van der Waals surface area contributed by atoms with Gasteiger partial charge in [0.25, 0.3) is 0 Å². The molecule has 2 aromatic rings. The van der Waals surface area contributed by atoms with Crippen molar-refractivity contribution in [1.82, 2.24) is 5.32 Å². The van der Waals surface area contributed by atoms with Crippen molar-refractivity contribution in [3.8, 4) is 0 Å². The molecule has 0 bridgehead atoms. The second kappa shape index (κ2) is 7.87. The maximum Gasteiger partial charge on any atom is 0.313 e. The summed E-state index contributed by atoms with van der Waals surface area (Å²) in [5, 5.41) is 4.76. The van der Waals surface area contributed by atoms with E-state index in [9.17, 15) is 18.8 Å². The summed E-state index contributed by atoms with van der Waals surface area (Å²) >= 11 is 0. The number of benzene rings is 2. The van der Waals surface area contributed by atoms with Crippen molar-refractivity contribution in [2.75, 3.05) is 5.32 Å². The van der Waals surface area contributed by atoms with Crippen LogP contribution in [-0.2, 0) is 27.3 Å². The number of hydrogen-bond donors (Lipinski definition) is 3. The third kappa shape index (κ3) is 4.91. The number of rotatable bonds is 5. The van der Waals surface area contributed by atoms with E-state index < -0.39 is 23.5 Å². The molecule has 0 saturated heterocycles. The lowest BCUT2D eigenvalue weighted by atomic mass is 10.1. The molecule has 0 radical (unpaired) electrons. The Morgan fingerprint density at radius 3 is 2.25 bits per heavy atom. The molecule has 0 spiro atoms. The number of carbonyl (C=O) groups excluding carboxylic acids is 3. The van der Waals surface area contributed by atoms with Crippen LogP contribution in [0.3, 0.4) is 0 Å². The van der Waals surface area contributed by atoms with Crippen LogP contribution in [-0.4, -0.2) is 17.7 Å². The van der Waals surface area contributed by atoms with E-state index in [0.29, 0.717) is 11.3 Å². The molecule has 0 aromatic heterocycles. The van der Waals surface area contributed by atoms with Crippen LogP contribution < -0.4 is 16.4 Å². The molecule has 0 atom stereocenters. The molecule has 2 aromatic carbocycles. The molecule has 2 rings (SSSR count). The highest BCUT2D eigenvalue weighted by molar-refractivity contribution is 6.39. The Morgan fingerprint density at radius 2 is 1.62 bits per heavy atom. The summed E-state index contributed by atoms with van der Waals surface area (Å²) in [6, 6.07) is 12.3. The van der Waals surface area contributed by atoms with E-state index in [1.54, 1.807) is 30.3 Å². The third-order valence-corrected chi connectivity index (χ3v) is 3.19. The smallest absolute Gasteiger partial charge is 0.313 e. The molecule has 0 fully saturated rings. The van der Waals surface area contributed by atoms with E-state index in [4.69, 9.17) is 5.73 Å². The SMILES string of the molecule is NC(=O)Cc1ccc(NC(=O)C(=O)NCc2ccccc2F)cc1. The first-order valence-corrected chi connectivity index (χ1v) is 7.15. The van der Waals surface area contributed by atoms with Gasteiger partial charge in [-0.25, -0.2) is 4.39 Å². The Labute approximate surface area is 137 Å². The van der Waals surface area contributed by atoms with Gasteiger partial charge in [-0.15, -0.1) is 0 Å².